The number of thiophene rings is 1. The zero-order chi connectivity index (χ0) is 18.9. The zero-order valence-corrected chi connectivity index (χ0v) is 15.1. The first-order valence-electron chi connectivity index (χ1n) is 6.85. The number of hydrogen-bond acceptors (Lipinski definition) is 7. The molecule has 0 aliphatic heterocycles. The Morgan fingerprint density at radius 2 is 1.96 bits per heavy atom. The molecular weight excluding hydrogens is 366 g/mol. The molecule has 0 atom stereocenters. The summed E-state index contributed by atoms with van der Waals surface area (Å²) in [6.45, 7) is 3.54. The van der Waals surface area contributed by atoms with Crippen LogP contribution in [-0.4, -0.2) is 25.5 Å². The van der Waals surface area contributed by atoms with Crippen molar-refractivity contribution in [3.63, 3.8) is 0 Å². The van der Waals surface area contributed by atoms with Crippen molar-refractivity contribution in [1.82, 2.24) is 0 Å². The minimum absolute atomic E-state index is 0.178. The first-order valence-corrected chi connectivity index (χ1v) is 9.56. The van der Waals surface area contributed by atoms with Crippen LogP contribution in [0.25, 0.3) is 0 Å². The van der Waals surface area contributed by atoms with Crippen molar-refractivity contribution in [1.29, 1.82) is 5.26 Å². The number of nitro groups is 1. The predicted molar refractivity (Wildman–Crippen MR) is 92.7 cm³/mol. The smallest absolute Gasteiger partial charge is 0.271 e. The van der Waals surface area contributed by atoms with E-state index in [1.165, 1.54) is 11.3 Å². The quantitative estimate of drug-likeness (QED) is 0.642. The van der Waals surface area contributed by atoms with Crippen molar-refractivity contribution >= 4 is 37.8 Å². The van der Waals surface area contributed by atoms with Crippen LogP contribution in [0.1, 0.15) is 26.4 Å². The van der Waals surface area contributed by atoms with Gasteiger partial charge in [0.05, 0.1) is 15.4 Å². The van der Waals surface area contributed by atoms with E-state index < -0.39 is 26.4 Å². The molecule has 0 fully saturated rings. The number of rotatable bonds is 4. The van der Waals surface area contributed by atoms with E-state index in [4.69, 9.17) is 0 Å². The fourth-order valence-corrected chi connectivity index (χ4v) is 3.74. The molecule has 1 aromatic heterocycles. The number of hydrogen-bond donors (Lipinski definition) is 1. The molecule has 0 bridgehead atoms. The van der Waals surface area contributed by atoms with Crippen LogP contribution in [0.2, 0.25) is 0 Å². The van der Waals surface area contributed by atoms with Crippen LogP contribution in [-0.2, 0) is 9.84 Å². The molecule has 1 amide bonds. The van der Waals surface area contributed by atoms with E-state index in [1.54, 1.807) is 13.8 Å². The van der Waals surface area contributed by atoms with Crippen molar-refractivity contribution in [3.8, 4) is 6.07 Å². The van der Waals surface area contributed by atoms with Crippen molar-refractivity contribution in [2.45, 2.75) is 18.7 Å². The number of nitrogens with zero attached hydrogens (tertiary/aromatic N) is 2. The molecule has 2 rings (SSSR count). The van der Waals surface area contributed by atoms with E-state index in [-0.39, 0.29) is 10.5 Å². The third-order valence-electron chi connectivity index (χ3n) is 3.52. The Morgan fingerprint density at radius 1 is 1.32 bits per heavy atom. The number of carbonyl (C=O) groups is 1. The van der Waals surface area contributed by atoms with Crippen molar-refractivity contribution in [2.24, 2.45) is 0 Å². The second kappa shape index (κ2) is 6.62. The lowest BCUT2D eigenvalue weighted by molar-refractivity contribution is -0.385. The van der Waals surface area contributed by atoms with Crippen molar-refractivity contribution in [3.05, 3.63) is 49.9 Å². The summed E-state index contributed by atoms with van der Waals surface area (Å²) in [6.07, 6.45) is 0.896. The number of amides is 1. The van der Waals surface area contributed by atoms with Crippen LogP contribution >= 0.6 is 11.3 Å². The average Bonchev–Trinajstić information content (AvgIpc) is 2.79. The molecule has 0 spiro atoms. The van der Waals surface area contributed by atoms with Gasteiger partial charge in [-0.25, -0.2) is 8.42 Å². The molecule has 2 aromatic rings. The number of non-ortho nitro benzene ring substituents is 1. The summed E-state index contributed by atoms with van der Waals surface area (Å²) in [5, 5.41) is 23.0. The molecule has 0 aliphatic carbocycles. The molecule has 1 heterocycles. The fourth-order valence-electron chi connectivity index (χ4n) is 2.06. The molecule has 25 heavy (non-hydrogen) atoms. The van der Waals surface area contributed by atoms with Crippen LogP contribution in [0, 0.1) is 35.3 Å². The number of nitrogens with one attached hydrogen (secondary N) is 1. The molecule has 10 heteroatoms. The summed E-state index contributed by atoms with van der Waals surface area (Å²) in [6, 6.07) is 4.95. The Morgan fingerprint density at radius 3 is 2.48 bits per heavy atom. The van der Waals surface area contributed by atoms with Crippen molar-refractivity contribution < 1.29 is 18.1 Å². The second-order valence-electron chi connectivity index (χ2n) is 5.30. The number of nitro benzene ring substituents is 1. The topological polar surface area (TPSA) is 130 Å². The monoisotopic (exact) mass is 379 g/mol. The summed E-state index contributed by atoms with van der Waals surface area (Å²) < 4.78 is 23.4. The molecule has 1 N–H and O–H groups in total. The Kier molecular flexibility index (Phi) is 4.92. The lowest BCUT2D eigenvalue weighted by Gasteiger charge is -2.06. The number of carbonyl (C=O) groups excluding carboxylic acids is 1. The average molecular weight is 379 g/mol. The van der Waals surface area contributed by atoms with Gasteiger partial charge in [-0.15, -0.1) is 11.3 Å². The molecule has 8 nitrogen and oxygen atoms in total. The van der Waals surface area contributed by atoms with Gasteiger partial charge >= 0.3 is 0 Å². The molecule has 0 aliphatic rings. The normalized spacial score (nSPS) is 11.0. The summed E-state index contributed by atoms with van der Waals surface area (Å²) in [5.74, 6) is -0.730. The maximum Gasteiger partial charge on any atom is 0.271 e. The number of sulfone groups is 1. The molecule has 0 radical (unpaired) electrons. The van der Waals surface area contributed by atoms with Crippen LogP contribution in [0.15, 0.2) is 23.1 Å². The Hall–Kier alpha value is -2.77. The largest absolute Gasteiger partial charge is 0.312 e. The molecule has 0 saturated heterocycles. The van der Waals surface area contributed by atoms with E-state index >= 15 is 0 Å². The lowest BCUT2D eigenvalue weighted by atomic mass is 10.1. The van der Waals surface area contributed by atoms with Gasteiger partial charge in [0, 0.05) is 28.8 Å². The van der Waals surface area contributed by atoms with E-state index in [9.17, 15) is 28.6 Å². The summed E-state index contributed by atoms with van der Waals surface area (Å²) in [7, 11) is -3.74. The molecular formula is C15H13N3O5S2. The van der Waals surface area contributed by atoms with Gasteiger partial charge in [0.15, 0.2) is 9.84 Å². The summed E-state index contributed by atoms with van der Waals surface area (Å²) in [4.78, 5) is 23.2. The second-order valence-corrected chi connectivity index (χ2v) is 8.54. The Bertz CT molecular complexity index is 1030. The van der Waals surface area contributed by atoms with E-state index in [0.717, 1.165) is 34.9 Å². The molecule has 130 valence electrons. The highest BCUT2D eigenvalue weighted by molar-refractivity contribution is 7.90. The third-order valence-corrected chi connectivity index (χ3v) is 5.73. The molecule has 0 unspecified atom stereocenters. The lowest BCUT2D eigenvalue weighted by Crippen LogP contribution is -2.13. The minimum atomic E-state index is -3.74. The summed E-state index contributed by atoms with van der Waals surface area (Å²) >= 11 is 1.20. The first-order chi connectivity index (χ1) is 11.5. The van der Waals surface area contributed by atoms with Gasteiger partial charge < -0.3 is 5.32 Å². The zero-order valence-electron chi connectivity index (χ0n) is 13.5. The van der Waals surface area contributed by atoms with Crippen LogP contribution in [0.3, 0.4) is 0 Å². The fraction of sp³-hybridized carbons (Fsp3) is 0.200. The molecule has 1 aromatic carbocycles. The van der Waals surface area contributed by atoms with E-state index in [0.29, 0.717) is 10.6 Å². The van der Waals surface area contributed by atoms with Crippen LogP contribution in [0.5, 0.6) is 0 Å². The highest BCUT2D eigenvalue weighted by Crippen LogP contribution is 2.32. The minimum Gasteiger partial charge on any atom is -0.312 e. The van der Waals surface area contributed by atoms with Crippen LogP contribution in [0.4, 0.5) is 10.7 Å². The number of benzene rings is 1. The Balaban J connectivity index is 2.50. The van der Waals surface area contributed by atoms with Gasteiger partial charge in [0.2, 0.25) is 0 Å². The molecule has 0 saturated carbocycles. The highest BCUT2D eigenvalue weighted by atomic mass is 32.2. The standard InChI is InChI=1S/C15H13N3O5S2/c1-8-9(2)24-15(13(8)7-16)17-14(19)10-4-11(18(20)21)6-12(5-10)25(3,22)23/h4-6H,1-3H3,(H,17,19). The number of anilines is 1. The first kappa shape index (κ1) is 18.6. The third kappa shape index (κ3) is 3.84. The predicted octanol–water partition coefficient (Wildman–Crippen LogP) is 2.80. The maximum absolute atomic E-state index is 12.4. The van der Waals surface area contributed by atoms with Crippen LogP contribution < -0.4 is 5.32 Å². The van der Waals surface area contributed by atoms with E-state index in [2.05, 4.69) is 5.32 Å². The van der Waals surface area contributed by atoms with Gasteiger partial charge in [-0.3, -0.25) is 14.9 Å². The Labute approximate surface area is 147 Å². The SMILES string of the molecule is Cc1sc(NC(=O)c2cc([N+](=O)[O-])cc(S(C)(=O)=O)c2)c(C#N)c1C. The number of nitriles is 1. The van der Waals surface area contributed by atoms with E-state index in [1.807, 2.05) is 6.07 Å². The van der Waals surface area contributed by atoms with Gasteiger partial charge in [0.25, 0.3) is 11.6 Å². The van der Waals surface area contributed by atoms with Gasteiger partial charge in [0.1, 0.15) is 11.1 Å². The number of aryl methyl sites for hydroxylation is 1. The summed E-state index contributed by atoms with van der Waals surface area (Å²) in [5.41, 5.74) is 0.359. The van der Waals surface area contributed by atoms with Gasteiger partial charge in [-0.1, -0.05) is 0 Å². The maximum atomic E-state index is 12.4. The van der Waals surface area contributed by atoms with Gasteiger partial charge in [-0.2, -0.15) is 5.26 Å². The van der Waals surface area contributed by atoms with Gasteiger partial charge in [-0.05, 0) is 25.5 Å². The highest BCUT2D eigenvalue weighted by Gasteiger charge is 2.21. The van der Waals surface area contributed by atoms with Crippen molar-refractivity contribution in [2.75, 3.05) is 11.6 Å².